The number of rotatable bonds is 4. The monoisotopic (exact) mass is 260 g/mol. The number of nitrogens with zero attached hydrogens (tertiary/aromatic N) is 1. The molecule has 2 unspecified atom stereocenters. The van der Waals surface area contributed by atoms with Crippen molar-refractivity contribution in [1.82, 2.24) is 5.32 Å². The summed E-state index contributed by atoms with van der Waals surface area (Å²) in [5, 5.41) is 3.34. The third-order valence-corrected chi connectivity index (χ3v) is 4.56. The second-order valence-corrected chi connectivity index (χ2v) is 6.21. The zero-order valence-electron chi connectivity index (χ0n) is 13.0. The Kier molecular flexibility index (Phi) is 4.51. The van der Waals surface area contributed by atoms with Crippen LogP contribution in [0, 0.1) is 12.8 Å². The summed E-state index contributed by atoms with van der Waals surface area (Å²) < 4.78 is 0. The largest absolute Gasteiger partial charge is 0.368 e. The van der Waals surface area contributed by atoms with Crippen molar-refractivity contribution in [3.8, 4) is 0 Å². The topological polar surface area (TPSA) is 15.3 Å². The molecule has 106 valence electrons. The van der Waals surface area contributed by atoms with Crippen LogP contribution in [0.5, 0.6) is 0 Å². The van der Waals surface area contributed by atoms with Gasteiger partial charge in [-0.2, -0.15) is 0 Å². The second-order valence-electron chi connectivity index (χ2n) is 6.21. The van der Waals surface area contributed by atoms with E-state index in [-0.39, 0.29) is 0 Å². The van der Waals surface area contributed by atoms with Crippen LogP contribution >= 0.6 is 0 Å². The van der Waals surface area contributed by atoms with E-state index in [1.54, 1.807) is 0 Å². The van der Waals surface area contributed by atoms with E-state index in [0.29, 0.717) is 12.0 Å². The lowest BCUT2D eigenvalue weighted by Gasteiger charge is -2.31. The fraction of sp³-hybridized carbons (Fsp3) is 0.647. The van der Waals surface area contributed by atoms with Crippen molar-refractivity contribution >= 4 is 5.69 Å². The van der Waals surface area contributed by atoms with Gasteiger partial charge in [0.05, 0.1) is 0 Å². The third kappa shape index (κ3) is 2.79. The Bertz CT molecular complexity index is 425. The second kappa shape index (κ2) is 5.96. The molecule has 2 atom stereocenters. The molecular formula is C17H28N2. The number of aryl methyl sites for hydroxylation is 1. The van der Waals surface area contributed by atoms with Gasteiger partial charge in [0.25, 0.3) is 0 Å². The van der Waals surface area contributed by atoms with Gasteiger partial charge in [-0.3, -0.25) is 0 Å². The minimum atomic E-state index is 0.588. The maximum absolute atomic E-state index is 3.34. The molecular weight excluding hydrogens is 232 g/mol. The van der Waals surface area contributed by atoms with Gasteiger partial charge in [0, 0.05) is 18.3 Å². The summed E-state index contributed by atoms with van der Waals surface area (Å²) in [5.41, 5.74) is 4.41. The Morgan fingerprint density at radius 1 is 1.37 bits per heavy atom. The molecule has 2 nitrogen and oxygen atoms in total. The maximum Gasteiger partial charge on any atom is 0.0433 e. The molecule has 1 fully saturated rings. The van der Waals surface area contributed by atoms with Gasteiger partial charge in [-0.15, -0.1) is 0 Å². The van der Waals surface area contributed by atoms with Crippen LogP contribution in [-0.4, -0.2) is 26.2 Å². The average Bonchev–Trinajstić information content (AvgIpc) is 2.71. The van der Waals surface area contributed by atoms with E-state index >= 15 is 0 Å². The van der Waals surface area contributed by atoms with Crippen molar-refractivity contribution < 1.29 is 0 Å². The molecule has 1 saturated heterocycles. The summed E-state index contributed by atoms with van der Waals surface area (Å²) in [7, 11) is 2.06. The summed E-state index contributed by atoms with van der Waals surface area (Å²) >= 11 is 0. The van der Waals surface area contributed by atoms with Crippen LogP contribution in [0.3, 0.4) is 0 Å². The highest BCUT2D eigenvalue weighted by atomic mass is 15.2. The van der Waals surface area contributed by atoms with E-state index in [2.05, 4.69) is 63.2 Å². The Labute approximate surface area is 118 Å². The van der Waals surface area contributed by atoms with E-state index in [1.807, 2.05) is 0 Å². The SMILES string of the molecule is CNCC1CCN(c2c(C)cccc2C(C)C)C1C. The predicted octanol–water partition coefficient (Wildman–Crippen LogP) is 3.55. The molecule has 1 heterocycles. The molecule has 1 N–H and O–H groups in total. The lowest BCUT2D eigenvalue weighted by molar-refractivity contribution is 0.473. The first-order valence-electron chi connectivity index (χ1n) is 7.57. The molecule has 0 saturated carbocycles. The van der Waals surface area contributed by atoms with Crippen molar-refractivity contribution in [2.75, 3.05) is 25.0 Å². The summed E-state index contributed by atoms with van der Waals surface area (Å²) in [6.45, 7) is 11.5. The quantitative estimate of drug-likeness (QED) is 0.890. The van der Waals surface area contributed by atoms with Crippen LogP contribution in [0.15, 0.2) is 18.2 Å². The van der Waals surface area contributed by atoms with Gasteiger partial charge >= 0.3 is 0 Å². The predicted molar refractivity (Wildman–Crippen MR) is 84.1 cm³/mol. The van der Waals surface area contributed by atoms with Crippen molar-refractivity contribution in [2.45, 2.75) is 46.1 Å². The van der Waals surface area contributed by atoms with Crippen LogP contribution in [0.1, 0.15) is 44.2 Å². The fourth-order valence-electron chi connectivity index (χ4n) is 3.39. The van der Waals surface area contributed by atoms with E-state index in [9.17, 15) is 0 Å². The first kappa shape index (κ1) is 14.4. The zero-order valence-corrected chi connectivity index (χ0v) is 13.0. The van der Waals surface area contributed by atoms with Gasteiger partial charge < -0.3 is 10.2 Å². The van der Waals surface area contributed by atoms with Crippen LogP contribution < -0.4 is 10.2 Å². The molecule has 0 spiro atoms. The molecule has 0 radical (unpaired) electrons. The summed E-state index contributed by atoms with van der Waals surface area (Å²) in [6.07, 6.45) is 1.30. The van der Waals surface area contributed by atoms with Crippen LogP contribution in [-0.2, 0) is 0 Å². The van der Waals surface area contributed by atoms with Gasteiger partial charge in [-0.1, -0.05) is 32.0 Å². The molecule has 0 aromatic heterocycles. The highest BCUT2D eigenvalue weighted by Crippen LogP contribution is 2.37. The lowest BCUT2D eigenvalue weighted by Crippen LogP contribution is -2.34. The van der Waals surface area contributed by atoms with Crippen molar-refractivity contribution in [3.05, 3.63) is 29.3 Å². The highest BCUT2D eigenvalue weighted by Gasteiger charge is 2.32. The third-order valence-electron chi connectivity index (χ3n) is 4.56. The van der Waals surface area contributed by atoms with Gasteiger partial charge in [-0.25, -0.2) is 0 Å². The average molecular weight is 260 g/mol. The van der Waals surface area contributed by atoms with Crippen LogP contribution in [0.25, 0.3) is 0 Å². The maximum atomic E-state index is 3.34. The highest BCUT2D eigenvalue weighted by molar-refractivity contribution is 5.61. The van der Waals surface area contributed by atoms with Crippen molar-refractivity contribution in [1.29, 1.82) is 0 Å². The van der Waals surface area contributed by atoms with E-state index in [4.69, 9.17) is 0 Å². The number of hydrogen-bond donors (Lipinski definition) is 1. The van der Waals surface area contributed by atoms with Crippen LogP contribution in [0.4, 0.5) is 5.69 Å². The van der Waals surface area contributed by atoms with Gasteiger partial charge in [0.15, 0.2) is 0 Å². The fourth-order valence-corrected chi connectivity index (χ4v) is 3.39. The minimum Gasteiger partial charge on any atom is -0.368 e. The van der Waals surface area contributed by atoms with E-state index < -0.39 is 0 Å². The standard InChI is InChI=1S/C17H28N2/c1-12(2)16-8-6-7-13(3)17(16)19-10-9-15(11-18-5)14(19)4/h6-8,12,14-15,18H,9-11H2,1-5H3. The summed E-state index contributed by atoms with van der Waals surface area (Å²) in [6, 6.07) is 7.37. The number of para-hydroxylation sites is 1. The molecule has 2 rings (SSSR count). The number of anilines is 1. The molecule has 0 aliphatic carbocycles. The normalized spacial score (nSPS) is 23.4. The van der Waals surface area contributed by atoms with Gasteiger partial charge in [0.2, 0.25) is 0 Å². The molecule has 1 aromatic rings. The molecule has 2 heteroatoms. The first-order chi connectivity index (χ1) is 9.06. The number of nitrogens with one attached hydrogen (secondary N) is 1. The van der Waals surface area contributed by atoms with Crippen molar-refractivity contribution in [3.63, 3.8) is 0 Å². The molecule has 1 aliphatic heterocycles. The molecule has 19 heavy (non-hydrogen) atoms. The molecule has 1 aromatic carbocycles. The smallest absolute Gasteiger partial charge is 0.0433 e. The molecule has 0 bridgehead atoms. The van der Waals surface area contributed by atoms with Gasteiger partial charge in [-0.05, 0) is 56.8 Å². The number of benzene rings is 1. The Morgan fingerprint density at radius 2 is 2.11 bits per heavy atom. The van der Waals surface area contributed by atoms with Crippen molar-refractivity contribution in [2.24, 2.45) is 5.92 Å². The summed E-state index contributed by atoms with van der Waals surface area (Å²) in [5.74, 6) is 1.36. The van der Waals surface area contributed by atoms with Crippen LogP contribution in [0.2, 0.25) is 0 Å². The van der Waals surface area contributed by atoms with Gasteiger partial charge in [0.1, 0.15) is 0 Å². The summed E-state index contributed by atoms with van der Waals surface area (Å²) in [4.78, 5) is 2.63. The first-order valence-corrected chi connectivity index (χ1v) is 7.57. The lowest BCUT2D eigenvalue weighted by atomic mass is 9.96. The zero-order chi connectivity index (χ0) is 14.0. The number of hydrogen-bond acceptors (Lipinski definition) is 2. The Morgan fingerprint density at radius 3 is 2.74 bits per heavy atom. The molecule has 1 aliphatic rings. The Balaban J connectivity index is 2.32. The Hall–Kier alpha value is -1.02. The van der Waals surface area contributed by atoms with E-state index in [1.165, 1.54) is 29.8 Å². The van der Waals surface area contributed by atoms with E-state index in [0.717, 1.165) is 12.5 Å². The minimum absolute atomic E-state index is 0.588. The molecule has 0 amide bonds.